The maximum Gasteiger partial charge on any atom is 0.0790 e. The van der Waals surface area contributed by atoms with E-state index in [1.807, 2.05) is 0 Å². The molecule has 2 aliphatic rings. The van der Waals surface area contributed by atoms with Crippen LogP contribution in [0.4, 0.5) is 0 Å². The van der Waals surface area contributed by atoms with Gasteiger partial charge in [-0.25, -0.2) is 0 Å². The molecule has 0 saturated carbocycles. The zero-order chi connectivity index (χ0) is 20.1. The Morgan fingerprint density at radius 1 is 1.00 bits per heavy atom. The molecule has 2 N–H and O–H groups in total. The van der Waals surface area contributed by atoms with Gasteiger partial charge in [-0.1, -0.05) is 48.0 Å². The summed E-state index contributed by atoms with van der Waals surface area (Å²) in [5.41, 5.74) is 6.74. The Labute approximate surface area is 176 Å². The first-order chi connectivity index (χ1) is 14.2. The van der Waals surface area contributed by atoms with Crippen molar-refractivity contribution in [1.29, 1.82) is 0 Å². The van der Waals surface area contributed by atoms with Crippen LogP contribution in [0.25, 0.3) is 0 Å². The van der Waals surface area contributed by atoms with Gasteiger partial charge in [0.15, 0.2) is 0 Å². The molecule has 156 valence electrons. The number of aryl methyl sites for hydroxylation is 1. The van der Waals surface area contributed by atoms with E-state index < -0.39 is 0 Å². The van der Waals surface area contributed by atoms with Crippen molar-refractivity contribution < 1.29 is 5.11 Å². The summed E-state index contributed by atoms with van der Waals surface area (Å²) in [6, 6.07) is 15.6. The molecule has 1 atom stereocenters. The van der Waals surface area contributed by atoms with Crippen LogP contribution in [0.15, 0.2) is 42.5 Å². The minimum absolute atomic E-state index is 0.317. The molecule has 2 aromatic carbocycles. The summed E-state index contributed by atoms with van der Waals surface area (Å²) in [6.45, 7) is 7.69. The van der Waals surface area contributed by atoms with Crippen LogP contribution in [-0.4, -0.2) is 36.2 Å². The summed E-state index contributed by atoms with van der Waals surface area (Å²) in [5, 5.41) is 14.2. The largest absolute Gasteiger partial charge is 0.388 e. The van der Waals surface area contributed by atoms with Crippen molar-refractivity contribution >= 4 is 0 Å². The number of aliphatic hydroxyl groups excluding tert-OH is 1. The van der Waals surface area contributed by atoms with E-state index in [1.165, 1.54) is 48.2 Å². The number of piperidine rings is 1. The molecule has 0 spiro atoms. The maximum atomic E-state index is 10.8. The molecule has 2 aliphatic heterocycles. The van der Waals surface area contributed by atoms with Crippen molar-refractivity contribution in [3.8, 4) is 0 Å². The number of hydrogen-bond donors (Lipinski definition) is 2. The van der Waals surface area contributed by atoms with E-state index in [0.29, 0.717) is 0 Å². The van der Waals surface area contributed by atoms with Crippen molar-refractivity contribution in [2.75, 3.05) is 26.2 Å². The van der Waals surface area contributed by atoms with Crippen LogP contribution < -0.4 is 5.32 Å². The summed E-state index contributed by atoms with van der Waals surface area (Å²) >= 11 is 0. The number of nitrogens with one attached hydrogen (secondary N) is 1. The summed E-state index contributed by atoms with van der Waals surface area (Å²) in [7, 11) is 0. The standard InChI is InChI=1S/C26H36N2O/c1-20-2-4-22(5-3-20)19-28-16-12-21(13-17-28)6-9-26(29)25-8-7-23-10-14-27-15-11-24(23)18-25/h2-5,7-8,18,21,26-27,29H,6,9-17,19H2,1H3. The highest BCUT2D eigenvalue weighted by Crippen LogP contribution is 2.29. The van der Waals surface area contributed by atoms with E-state index in [9.17, 15) is 5.11 Å². The first-order valence-corrected chi connectivity index (χ1v) is 11.5. The Kier molecular flexibility index (Phi) is 7.02. The van der Waals surface area contributed by atoms with Crippen LogP contribution in [0, 0.1) is 12.8 Å². The van der Waals surface area contributed by atoms with Gasteiger partial charge in [0.2, 0.25) is 0 Å². The lowest BCUT2D eigenvalue weighted by Gasteiger charge is -2.32. The fraction of sp³-hybridized carbons (Fsp3) is 0.538. The molecule has 1 fully saturated rings. The Morgan fingerprint density at radius 2 is 1.72 bits per heavy atom. The van der Waals surface area contributed by atoms with E-state index >= 15 is 0 Å². The van der Waals surface area contributed by atoms with E-state index in [2.05, 4.69) is 59.6 Å². The first-order valence-electron chi connectivity index (χ1n) is 11.5. The minimum Gasteiger partial charge on any atom is -0.388 e. The highest BCUT2D eigenvalue weighted by molar-refractivity contribution is 5.34. The van der Waals surface area contributed by atoms with Gasteiger partial charge in [-0.15, -0.1) is 0 Å². The topological polar surface area (TPSA) is 35.5 Å². The SMILES string of the molecule is Cc1ccc(CN2CCC(CCC(O)c3ccc4c(c3)CCNCC4)CC2)cc1. The number of benzene rings is 2. The second kappa shape index (κ2) is 9.88. The van der Waals surface area contributed by atoms with Gasteiger partial charge in [-0.05, 0) is 99.8 Å². The van der Waals surface area contributed by atoms with Gasteiger partial charge in [0.25, 0.3) is 0 Å². The van der Waals surface area contributed by atoms with Crippen molar-refractivity contribution in [1.82, 2.24) is 10.2 Å². The van der Waals surface area contributed by atoms with Crippen LogP contribution in [0.3, 0.4) is 0 Å². The molecule has 0 bridgehead atoms. The highest BCUT2D eigenvalue weighted by atomic mass is 16.3. The molecule has 0 radical (unpaired) electrons. The number of likely N-dealkylation sites (tertiary alicyclic amines) is 1. The highest BCUT2D eigenvalue weighted by Gasteiger charge is 2.21. The van der Waals surface area contributed by atoms with E-state index in [-0.39, 0.29) is 6.10 Å². The third-order valence-corrected chi connectivity index (χ3v) is 6.84. The van der Waals surface area contributed by atoms with Crippen LogP contribution >= 0.6 is 0 Å². The Balaban J connectivity index is 1.23. The zero-order valence-corrected chi connectivity index (χ0v) is 17.9. The van der Waals surface area contributed by atoms with E-state index in [4.69, 9.17) is 0 Å². The van der Waals surface area contributed by atoms with Crippen molar-refractivity contribution in [3.63, 3.8) is 0 Å². The summed E-state index contributed by atoms with van der Waals surface area (Å²) in [4.78, 5) is 2.58. The van der Waals surface area contributed by atoms with Crippen LogP contribution in [0.5, 0.6) is 0 Å². The Bertz CT molecular complexity index is 778. The number of aliphatic hydroxyl groups is 1. The molecule has 2 aromatic rings. The number of rotatable bonds is 6. The average molecular weight is 393 g/mol. The molecule has 0 amide bonds. The first kappa shape index (κ1) is 20.6. The summed E-state index contributed by atoms with van der Waals surface area (Å²) in [6.07, 6.45) is 6.41. The smallest absolute Gasteiger partial charge is 0.0790 e. The lowest BCUT2D eigenvalue weighted by Crippen LogP contribution is -2.33. The Hall–Kier alpha value is -1.68. The predicted octanol–water partition coefficient (Wildman–Crippen LogP) is 4.41. The van der Waals surface area contributed by atoms with Crippen LogP contribution in [0.2, 0.25) is 0 Å². The quantitative estimate of drug-likeness (QED) is 0.764. The third-order valence-electron chi connectivity index (χ3n) is 6.84. The van der Waals surface area contributed by atoms with Crippen LogP contribution in [-0.2, 0) is 19.4 Å². The molecular formula is C26H36N2O. The number of hydrogen-bond acceptors (Lipinski definition) is 3. The van der Waals surface area contributed by atoms with Crippen molar-refractivity contribution in [2.45, 2.75) is 58.1 Å². The molecule has 1 unspecified atom stereocenters. The van der Waals surface area contributed by atoms with Gasteiger partial charge >= 0.3 is 0 Å². The fourth-order valence-corrected chi connectivity index (χ4v) is 4.85. The molecule has 3 heteroatoms. The lowest BCUT2D eigenvalue weighted by molar-refractivity contribution is 0.132. The molecule has 0 aliphatic carbocycles. The van der Waals surface area contributed by atoms with E-state index in [1.54, 1.807) is 0 Å². The fourth-order valence-electron chi connectivity index (χ4n) is 4.85. The summed E-state index contributed by atoms with van der Waals surface area (Å²) in [5.74, 6) is 0.754. The minimum atomic E-state index is -0.317. The van der Waals surface area contributed by atoms with Gasteiger partial charge in [0.1, 0.15) is 0 Å². The molecular weight excluding hydrogens is 356 g/mol. The average Bonchev–Trinajstić information content (AvgIpc) is 2.99. The predicted molar refractivity (Wildman–Crippen MR) is 120 cm³/mol. The molecule has 0 aromatic heterocycles. The van der Waals surface area contributed by atoms with Gasteiger partial charge in [0, 0.05) is 6.54 Å². The zero-order valence-electron chi connectivity index (χ0n) is 17.9. The molecule has 29 heavy (non-hydrogen) atoms. The van der Waals surface area contributed by atoms with Crippen molar-refractivity contribution in [2.24, 2.45) is 5.92 Å². The molecule has 1 saturated heterocycles. The lowest BCUT2D eigenvalue weighted by atomic mass is 9.89. The number of fused-ring (bicyclic) bond motifs is 1. The number of nitrogens with zero attached hydrogens (tertiary/aromatic N) is 1. The van der Waals surface area contributed by atoms with Crippen molar-refractivity contribution in [3.05, 3.63) is 70.3 Å². The molecule has 2 heterocycles. The van der Waals surface area contributed by atoms with Crippen LogP contribution in [0.1, 0.15) is 59.6 Å². The van der Waals surface area contributed by atoms with Gasteiger partial charge in [-0.2, -0.15) is 0 Å². The summed E-state index contributed by atoms with van der Waals surface area (Å²) < 4.78 is 0. The maximum absolute atomic E-state index is 10.8. The normalized spacial score (nSPS) is 19.5. The monoisotopic (exact) mass is 392 g/mol. The van der Waals surface area contributed by atoms with Gasteiger partial charge < -0.3 is 10.4 Å². The Morgan fingerprint density at radius 3 is 2.48 bits per heavy atom. The molecule has 3 nitrogen and oxygen atoms in total. The third kappa shape index (κ3) is 5.69. The van der Waals surface area contributed by atoms with Gasteiger partial charge in [0.05, 0.1) is 6.10 Å². The van der Waals surface area contributed by atoms with Gasteiger partial charge in [-0.3, -0.25) is 4.90 Å². The second-order valence-corrected chi connectivity index (χ2v) is 9.08. The molecule has 4 rings (SSSR count). The second-order valence-electron chi connectivity index (χ2n) is 9.08. The van der Waals surface area contributed by atoms with E-state index in [0.717, 1.165) is 56.8 Å².